The van der Waals surface area contributed by atoms with E-state index in [0.29, 0.717) is 0 Å². The van der Waals surface area contributed by atoms with E-state index >= 15 is 0 Å². The van der Waals surface area contributed by atoms with Gasteiger partial charge in [-0.05, 0) is 89.6 Å². The van der Waals surface area contributed by atoms with Gasteiger partial charge in [-0.2, -0.15) is 0 Å². The Morgan fingerprint density at radius 2 is 1.88 bits per heavy atom. The number of pyridine rings is 1. The molecule has 3 rings (SSSR count). The highest BCUT2D eigenvalue weighted by Crippen LogP contribution is 2.49. The molecule has 0 spiro atoms. The maximum Gasteiger partial charge on any atom is 0.0642 e. The molecular formula is C22H32N2OS. The number of aryl methyl sites for hydroxylation is 1. The molecule has 4 heteroatoms. The van der Waals surface area contributed by atoms with Crippen molar-refractivity contribution in [2.75, 3.05) is 6.54 Å². The molecule has 0 atom stereocenters. The van der Waals surface area contributed by atoms with Gasteiger partial charge in [0.2, 0.25) is 0 Å². The van der Waals surface area contributed by atoms with Crippen molar-refractivity contribution in [1.29, 1.82) is 0 Å². The molecule has 1 saturated heterocycles. The molecule has 0 radical (unpaired) electrons. The zero-order chi connectivity index (χ0) is 18.8. The fourth-order valence-corrected chi connectivity index (χ4v) is 5.64. The van der Waals surface area contributed by atoms with Gasteiger partial charge in [0, 0.05) is 28.7 Å². The normalized spacial score (nSPS) is 20.8. The lowest BCUT2D eigenvalue weighted by Crippen LogP contribution is -2.53. The van der Waals surface area contributed by atoms with Crippen molar-refractivity contribution in [3.8, 4) is 0 Å². The number of thiophene rings is 1. The van der Waals surface area contributed by atoms with Crippen LogP contribution in [0.15, 0.2) is 35.8 Å². The van der Waals surface area contributed by atoms with E-state index < -0.39 is 0 Å². The van der Waals surface area contributed by atoms with Crippen molar-refractivity contribution >= 4 is 11.3 Å². The molecule has 1 aliphatic heterocycles. The van der Waals surface area contributed by atoms with Crippen LogP contribution in [0, 0.1) is 6.92 Å². The van der Waals surface area contributed by atoms with Crippen LogP contribution >= 0.6 is 11.3 Å². The Kier molecular flexibility index (Phi) is 5.57. The van der Waals surface area contributed by atoms with E-state index in [1.165, 1.54) is 16.1 Å². The smallest absolute Gasteiger partial charge is 0.0642 e. The highest BCUT2D eigenvalue weighted by molar-refractivity contribution is 7.10. The lowest BCUT2D eigenvalue weighted by atomic mass is 9.65. The summed E-state index contributed by atoms with van der Waals surface area (Å²) in [6.45, 7) is 12.9. The molecule has 142 valence electrons. The molecule has 0 bridgehead atoms. The predicted molar refractivity (Wildman–Crippen MR) is 110 cm³/mol. The van der Waals surface area contributed by atoms with Gasteiger partial charge in [-0.15, -0.1) is 11.3 Å². The van der Waals surface area contributed by atoms with E-state index in [4.69, 9.17) is 9.72 Å². The first kappa shape index (κ1) is 19.5. The molecular weight excluding hydrogens is 340 g/mol. The quantitative estimate of drug-likeness (QED) is 0.704. The van der Waals surface area contributed by atoms with Crippen molar-refractivity contribution in [1.82, 2.24) is 10.3 Å². The second-order valence-electron chi connectivity index (χ2n) is 8.99. The number of ether oxygens (including phenoxy) is 1. The Bertz CT molecular complexity index is 705. The molecule has 0 amide bonds. The summed E-state index contributed by atoms with van der Waals surface area (Å²) in [5.41, 5.74) is 2.31. The van der Waals surface area contributed by atoms with Crippen LogP contribution in [0.5, 0.6) is 0 Å². The van der Waals surface area contributed by atoms with E-state index in [-0.39, 0.29) is 16.6 Å². The molecule has 3 nitrogen and oxygen atoms in total. The average Bonchev–Trinajstić information content (AvgIpc) is 2.95. The molecule has 0 aromatic carbocycles. The minimum Gasteiger partial charge on any atom is -0.370 e. The fraction of sp³-hybridized carbons (Fsp3) is 0.591. The molecule has 0 aliphatic carbocycles. The van der Waals surface area contributed by atoms with Gasteiger partial charge in [0.25, 0.3) is 0 Å². The minimum absolute atomic E-state index is 0.0465. The van der Waals surface area contributed by atoms with Crippen molar-refractivity contribution in [3.05, 3.63) is 52.0 Å². The summed E-state index contributed by atoms with van der Waals surface area (Å²) < 4.78 is 6.37. The summed E-state index contributed by atoms with van der Waals surface area (Å²) in [4.78, 5) is 6.17. The van der Waals surface area contributed by atoms with E-state index in [0.717, 1.165) is 32.4 Å². The highest BCUT2D eigenvalue weighted by Gasteiger charge is 2.49. The van der Waals surface area contributed by atoms with Crippen LogP contribution in [0.3, 0.4) is 0 Å². The number of rotatable bonds is 6. The van der Waals surface area contributed by atoms with Gasteiger partial charge in [-0.25, -0.2) is 0 Å². The lowest BCUT2D eigenvalue weighted by molar-refractivity contribution is -0.181. The second kappa shape index (κ2) is 7.41. The monoisotopic (exact) mass is 372 g/mol. The second-order valence-corrected chi connectivity index (χ2v) is 9.98. The number of hydrogen-bond donors (Lipinski definition) is 1. The molecule has 26 heavy (non-hydrogen) atoms. The summed E-state index contributed by atoms with van der Waals surface area (Å²) >= 11 is 1.84. The number of nitrogens with one attached hydrogen (secondary N) is 1. The summed E-state index contributed by atoms with van der Waals surface area (Å²) in [5, 5.41) is 5.87. The first-order valence-corrected chi connectivity index (χ1v) is 10.4. The maximum atomic E-state index is 6.37. The molecule has 1 N–H and O–H groups in total. The maximum absolute atomic E-state index is 6.37. The van der Waals surface area contributed by atoms with Crippen LogP contribution < -0.4 is 5.32 Å². The Labute approximate surface area is 162 Å². The van der Waals surface area contributed by atoms with Crippen molar-refractivity contribution < 1.29 is 4.74 Å². The first-order chi connectivity index (χ1) is 12.2. The molecule has 2 aromatic heterocycles. The molecule has 1 aliphatic rings. The van der Waals surface area contributed by atoms with Gasteiger partial charge in [0.15, 0.2) is 0 Å². The number of nitrogens with zero attached hydrogens (tertiary/aromatic N) is 1. The summed E-state index contributed by atoms with van der Waals surface area (Å²) in [6, 6.07) is 8.58. The van der Waals surface area contributed by atoms with Crippen LogP contribution in [0.4, 0.5) is 0 Å². The molecule has 2 aromatic rings. The van der Waals surface area contributed by atoms with Gasteiger partial charge in [-0.3, -0.25) is 4.98 Å². The SMILES string of the molecule is Cc1csc(CNCCC2(c3ccccn3)CC(C)(C)OC(C)(C)C2)c1. The third kappa shape index (κ3) is 4.73. The third-order valence-corrected chi connectivity index (χ3v) is 6.21. The van der Waals surface area contributed by atoms with Crippen molar-refractivity contribution in [3.63, 3.8) is 0 Å². The van der Waals surface area contributed by atoms with Gasteiger partial charge < -0.3 is 10.1 Å². The predicted octanol–water partition coefficient (Wildman–Crippen LogP) is 5.24. The van der Waals surface area contributed by atoms with Crippen LogP contribution in [0.1, 0.15) is 63.1 Å². The van der Waals surface area contributed by atoms with Crippen LogP contribution in [0.2, 0.25) is 0 Å². The molecule has 0 saturated carbocycles. The molecule has 0 unspecified atom stereocenters. The lowest BCUT2D eigenvalue weighted by Gasteiger charge is -2.52. The summed E-state index contributed by atoms with van der Waals surface area (Å²) in [5.74, 6) is 0. The minimum atomic E-state index is -0.149. The Hall–Kier alpha value is -1.23. The average molecular weight is 373 g/mol. The largest absolute Gasteiger partial charge is 0.370 e. The molecule has 1 fully saturated rings. The van der Waals surface area contributed by atoms with Gasteiger partial charge in [0.1, 0.15) is 0 Å². The standard InChI is InChI=1S/C22H32N2OS/c1-17-12-18(26-14-17)13-23-11-9-22(19-8-6-7-10-24-19)15-20(2,3)25-21(4,5)16-22/h6-8,10,12,14,23H,9,11,13,15-16H2,1-5H3. The zero-order valence-corrected chi connectivity index (χ0v) is 17.6. The van der Waals surface area contributed by atoms with E-state index in [2.05, 4.69) is 63.5 Å². The number of aromatic nitrogens is 1. The van der Waals surface area contributed by atoms with Crippen molar-refractivity contribution in [2.45, 2.75) is 77.0 Å². The molecule has 3 heterocycles. The van der Waals surface area contributed by atoms with E-state index in [1.807, 2.05) is 23.6 Å². The van der Waals surface area contributed by atoms with Crippen molar-refractivity contribution in [2.24, 2.45) is 0 Å². The van der Waals surface area contributed by atoms with Gasteiger partial charge in [0.05, 0.1) is 11.2 Å². The topological polar surface area (TPSA) is 34.2 Å². The van der Waals surface area contributed by atoms with Crippen LogP contribution in [0.25, 0.3) is 0 Å². The first-order valence-electron chi connectivity index (χ1n) is 9.56. The summed E-state index contributed by atoms with van der Waals surface area (Å²) in [7, 11) is 0. The number of hydrogen-bond acceptors (Lipinski definition) is 4. The van der Waals surface area contributed by atoms with Gasteiger partial charge in [-0.1, -0.05) is 6.07 Å². The third-order valence-electron chi connectivity index (χ3n) is 5.15. The van der Waals surface area contributed by atoms with E-state index in [1.54, 1.807) is 0 Å². The fourth-order valence-electron chi connectivity index (χ4n) is 4.80. The van der Waals surface area contributed by atoms with E-state index in [9.17, 15) is 0 Å². The summed E-state index contributed by atoms with van der Waals surface area (Å²) in [6.07, 6.45) is 5.00. The Morgan fingerprint density at radius 3 is 2.46 bits per heavy atom. The Balaban J connectivity index is 1.75. The van der Waals surface area contributed by atoms with Crippen LogP contribution in [-0.2, 0) is 16.7 Å². The Morgan fingerprint density at radius 1 is 1.15 bits per heavy atom. The van der Waals surface area contributed by atoms with Gasteiger partial charge >= 0.3 is 0 Å². The highest BCUT2D eigenvalue weighted by atomic mass is 32.1. The zero-order valence-electron chi connectivity index (χ0n) is 16.8. The van der Waals surface area contributed by atoms with Crippen LogP contribution in [-0.4, -0.2) is 22.7 Å².